The van der Waals surface area contributed by atoms with Crippen molar-refractivity contribution in [3.63, 3.8) is 0 Å². The smallest absolute Gasteiger partial charge is 0.294 e. The Morgan fingerprint density at radius 3 is 1.82 bits per heavy atom. The van der Waals surface area contributed by atoms with Crippen molar-refractivity contribution in [2.45, 2.75) is 19.6 Å². The van der Waals surface area contributed by atoms with Gasteiger partial charge in [-0.3, -0.25) is 24.1 Å². The molecule has 0 radical (unpaired) electrons. The fourth-order valence-corrected chi connectivity index (χ4v) is 8.17. The van der Waals surface area contributed by atoms with Crippen molar-refractivity contribution in [2.24, 2.45) is 10.2 Å². The van der Waals surface area contributed by atoms with Gasteiger partial charge in [0.05, 0.1) is 25.3 Å². The molecule has 0 aromatic heterocycles. The van der Waals surface area contributed by atoms with Gasteiger partial charge in [0.25, 0.3) is 35.9 Å². The summed E-state index contributed by atoms with van der Waals surface area (Å²) < 4.78 is 115. The first-order valence-corrected chi connectivity index (χ1v) is 19.9. The molecule has 0 heterocycles. The minimum atomic E-state index is -4.64. The molecule has 5 aromatic rings. The Bertz CT molecular complexity index is 2670. The van der Waals surface area contributed by atoms with Gasteiger partial charge in [-0.1, -0.05) is 30.3 Å². The number of sulfonamides is 2. The molecule has 21 heteroatoms. The van der Waals surface area contributed by atoms with Crippen LogP contribution in [0.2, 0.25) is 0 Å². The Balaban J connectivity index is 1.55. The van der Waals surface area contributed by atoms with Gasteiger partial charge in [0.2, 0.25) is 0 Å². The predicted molar refractivity (Wildman–Crippen MR) is 180 cm³/mol. The third kappa shape index (κ3) is 7.71. The number of aromatic hydroxyl groups is 1. The van der Waals surface area contributed by atoms with Gasteiger partial charge in [-0.05, 0) is 48.5 Å². The monoisotopic (exact) mass is 761 g/mol. The summed E-state index contributed by atoms with van der Waals surface area (Å²) in [6.45, 7) is 0. The van der Waals surface area contributed by atoms with Gasteiger partial charge in [-0.25, -0.2) is 25.3 Å². The Hall–Kier alpha value is -5.48. The second-order valence-electron chi connectivity index (χ2n) is 10.4. The van der Waals surface area contributed by atoms with Crippen molar-refractivity contribution in [1.29, 1.82) is 0 Å². The fraction of sp³-hybridized carbons (Fsp3) is 0.0345. The van der Waals surface area contributed by atoms with Gasteiger partial charge >= 0.3 is 0 Å². The summed E-state index contributed by atoms with van der Waals surface area (Å²) in [5.74, 6) is -0.353. The highest BCUT2D eigenvalue weighted by molar-refractivity contribution is 7.93. The number of phenols is 1. The SMILES string of the molecule is CS(=O)(=O)c1cc([N+](=O)[O-])ccc1N=Nc1cc(O)c2ccccc2c1NS(=O)(=O)c1cccc(S(=O)(=O)Nc2ccc(S(=O)(=O)O)cc2)c1. The van der Waals surface area contributed by atoms with Crippen LogP contribution in [0.4, 0.5) is 28.4 Å². The average molecular weight is 762 g/mol. The number of hydrogen-bond donors (Lipinski definition) is 4. The van der Waals surface area contributed by atoms with E-state index >= 15 is 0 Å². The van der Waals surface area contributed by atoms with Crippen LogP contribution in [0.1, 0.15) is 0 Å². The molecule has 50 heavy (non-hydrogen) atoms. The number of rotatable bonds is 11. The van der Waals surface area contributed by atoms with Crippen LogP contribution < -0.4 is 9.44 Å². The first-order valence-electron chi connectivity index (χ1n) is 13.6. The fourth-order valence-electron chi connectivity index (χ4n) is 4.54. The van der Waals surface area contributed by atoms with E-state index in [2.05, 4.69) is 19.7 Å². The zero-order valence-corrected chi connectivity index (χ0v) is 28.5. The molecule has 0 amide bonds. The van der Waals surface area contributed by atoms with Gasteiger partial charge in [0.15, 0.2) is 9.84 Å². The number of anilines is 2. The number of fused-ring (bicyclic) bond motifs is 1. The third-order valence-corrected chi connectivity index (χ3v) is 11.6. The van der Waals surface area contributed by atoms with Gasteiger partial charge in [-0.15, -0.1) is 10.2 Å². The van der Waals surface area contributed by atoms with Crippen molar-refractivity contribution in [1.82, 2.24) is 0 Å². The lowest BCUT2D eigenvalue weighted by atomic mass is 10.1. The highest BCUT2D eigenvalue weighted by Crippen LogP contribution is 2.42. The maximum Gasteiger partial charge on any atom is 0.294 e. The van der Waals surface area contributed by atoms with E-state index in [4.69, 9.17) is 4.55 Å². The van der Waals surface area contributed by atoms with E-state index in [9.17, 15) is 48.9 Å². The van der Waals surface area contributed by atoms with Gasteiger partial charge in [-0.2, -0.15) is 8.42 Å². The summed E-state index contributed by atoms with van der Waals surface area (Å²) in [5.41, 5.74) is -1.49. The number of non-ortho nitro benzene ring substituents is 1. The first-order chi connectivity index (χ1) is 23.3. The van der Waals surface area contributed by atoms with E-state index < -0.39 is 70.2 Å². The van der Waals surface area contributed by atoms with Crippen molar-refractivity contribution >= 4 is 79.2 Å². The highest BCUT2D eigenvalue weighted by atomic mass is 32.2. The summed E-state index contributed by atoms with van der Waals surface area (Å²) in [6, 6.07) is 18.1. The zero-order chi connectivity index (χ0) is 36.6. The van der Waals surface area contributed by atoms with E-state index in [0.29, 0.717) is 0 Å². The van der Waals surface area contributed by atoms with Crippen LogP contribution >= 0.6 is 0 Å². The maximum absolute atomic E-state index is 13.7. The van der Waals surface area contributed by atoms with Crippen LogP contribution in [0.15, 0.2) is 127 Å². The minimum Gasteiger partial charge on any atom is -0.507 e. The molecule has 5 rings (SSSR count). The van der Waals surface area contributed by atoms with E-state index in [-0.39, 0.29) is 39.3 Å². The minimum absolute atomic E-state index is 0.0959. The van der Waals surface area contributed by atoms with Gasteiger partial charge < -0.3 is 5.11 Å². The number of azo groups is 1. The van der Waals surface area contributed by atoms with E-state index in [0.717, 1.165) is 79.1 Å². The predicted octanol–water partition coefficient (Wildman–Crippen LogP) is 5.12. The summed E-state index contributed by atoms with van der Waals surface area (Å²) in [4.78, 5) is 8.38. The summed E-state index contributed by atoms with van der Waals surface area (Å²) in [5, 5.41) is 30.1. The maximum atomic E-state index is 13.7. The Morgan fingerprint density at radius 1 is 0.660 bits per heavy atom. The number of nitrogens with zero attached hydrogens (tertiary/aromatic N) is 3. The van der Waals surface area contributed by atoms with Crippen molar-refractivity contribution in [3.05, 3.63) is 107 Å². The normalized spacial score (nSPS) is 12.6. The van der Waals surface area contributed by atoms with Crippen LogP contribution in [0.3, 0.4) is 0 Å². The molecule has 0 aliphatic rings. The van der Waals surface area contributed by atoms with E-state index in [1.807, 2.05) is 0 Å². The van der Waals surface area contributed by atoms with Crippen molar-refractivity contribution in [2.75, 3.05) is 15.7 Å². The number of nitro benzene ring substituents is 1. The lowest BCUT2D eigenvalue weighted by Gasteiger charge is -2.15. The number of nitro groups is 1. The topological polar surface area (TPSA) is 269 Å². The van der Waals surface area contributed by atoms with Crippen molar-refractivity contribution < 1.29 is 48.3 Å². The second-order valence-corrected chi connectivity index (χ2v) is 17.2. The number of benzene rings is 5. The largest absolute Gasteiger partial charge is 0.507 e. The lowest BCUT2D eigenvalue weighted by molar-refractivity contribution is -0.385. The molecule has 0 spiro atoms. The standard InChI is InChI=1S/C29H23N5O12S4/c1-47(38,39)28-15-19(34(36)37)11-14-25(28)30-31-26-17-27(35)23-7-2-3-8-24(23)29(26)33-49(42,43)22-6-4-5-21(16-22)48(40,41)32-18-9-12-20(13-10-18)50(44,45)46/h2-17,32-33,35H,1H3,(H,44,45,46). The number of nitrogens with one attached hydrogen (secondary N) is 2. The molecule has 260 valence electrons. The molecule has 0 unspecified atom stereocenters. The molecular formula is C29H23N5O12S4. The molecule has 0 aliphatic carbocycles. The number of phenolic OH excluding ortho intramolecular Hbond substituents is 1. The second kappa shape index (κ2) is 13.1. The molecule has 4 N–H and O–H groups in total. The highest BCUT2D eigenvalue weighted by Gasteiger charge is 2.24. The lowest BCUT2D eigenvalue weighted by Crippen LogP contribution is -2.16. The van der Waals surface area contributed by atoms with Crippen LogP contribution in [0, 0.1) is 10.1 Å². The third-order valence-electron chi connectivity index (χ3n) is 6.89. The molecule has 0 atom stereocenters. The molecule has 0 saturated carbocycles. The van der Waals surface area contributed by atoms with Crippen LogP contribution in [-0.4, -0.2) is 54.5 Å². The Kier molecular flexibility index (Phi) is 9.38. The number of sulfone groups is 1. The average Bonchev–Trinajstić information content (AvgIpc) is 3.04. The molecule has 0 bridgehead atoms. The van der Waals surface area contributed by atoms with Crippen molar-refractivity contribution in [3.8, 4) is 5.75 Å². The Morgan fingerprint density at radius 2 is 1.24 bits per heavy atom. The zero-order valence-electron chi connectivity index (χ0n) is 25.2. The molecule has 0 fully saturated rings. The van der Waals surface area contributed by atoms with E-state index in [1.54, 1.807) is 6.07 Å². The number of hydrogen-bond acceptors (Lipinski definition) is 13. The molecule has 0 aliphatic heterocycles. The summed E-state index contributed by atoms with van der Waals surface area (Å²) in [7, 11) is -17.7. The Labute approximate surface area is 284 Å². The van der Waals surface area contributed by atoms with Crippen LogP contribution in [0.5, 0.6) is 5.75 Å². The molecule has 5 aromatic carbocycles. The first kappa shape index (κ1) is 35.8. The van der Waals surface area contributed by atoms with E-state index in [1.165, 1.54) is 18.2 Å². The summed E-state index contributed by atoms with van der Waals surface area (Å²) >= 11 is 0. The van der Waals surface area contributed by atoms with Gasteiger partial charge in [0.1, 0.15) is 22.0 Å². The molecular weight excluding hydrogens is 739 g/mol. The molecule has 0 saturated heterocycles. The summed E-state index contributed by atoms with van der Waals surface area (Å²) in [6.07, 6.45) is 0.801. The quantitative estimate of drug-likeness (QED) is 0.0449. The van der Waals surface area contributed by atoms with Crippen LogP contribution in [-0.2, 0) is 40.0 Å². The van der Waals surface area contributed by atoms with Crippen LogP contribution in [0.25, 0.3) is 10.8 Å². The van der Waals surface area contributed by atoms with Gasteiger partial charge in [0, 0.05) is 40.9 Å². The molecule has 17 nitrogen and oxygen atoms in total.